The first kappa shape index (κ1) is 36.0. The summed E-state index contributed by atoms with van der Waals surface area (Å²) in [6.45, 7) is 2.95. The van der Waals surface area contributed by atoms with E-state index in [1.54, 1.807) is 30.3 Å². The van der Waals surface area contributed by atoms with Crippen LogP contribution in [0, 0.1) is 7.43 Å². The molecule has 0 saturated carbocycles. The summed E-state index contributed by atoms with van der Waals surface area (Å²) in [5, 5.41) is 20.7. The average Bonchev–Trinajstić information content (AvgIpc) is 3.43. The molecule has 3 N–H and O–H groups in total. The number of carbonyl (C=O) groups is 1. The molecule has 3 aliphatic rings. The van der Waals surface area contributed by atoms with Crippen LogP contribution in [0.1, 0.15) is 11.5 Å². The SMILES string of the molecule is O=C(O)[C@H](CO)c1ccccc1.O=S(=O)(c1cnc2c(c1)OCCO2)N1CC2=C(CNC2)C1.[CH3-].[SH-].[V].[Y]. The van der Waals surface area contributed by atoms with Gasteiger partial charge >= 0.3 is 5.97 Å². The molecule has 0 aliphatic carbocycles. The summed E-state index contributed by atoms with van der Waals surface area (Å²) < 4.78 is 37.6. The van der Waals surface area contributed by atoms with Crippen molar-refractivity contribution < 1.29 is 84.2 Å². The molecule has 2 aromatic rings. The van der Waals surface area contributed by atoms with Gasteiger partial charge in [0.1, 0.15) is 24.0 Å². The number of pyridine rings is 1. The van der Waals surface area contributed by atoms with Gasteiger partial charge in [0, 0.05) is 83.5 Å². The third-order valence-electron chi connectivity index (χ3n) is 5.60. The van der Waals surface area contributed by atoms with Crippen LogP contribution in [0.4, 0.5) is 0 Å². The third kappa shape index (κ3) is 8.52. The molecule has 14 heteroatoms. The van der Waals surface area contributed by atoms with Crippen molar-refractivity contribution in [2.75, 3.05) is 46.0 Å². The monoisotopic (exact) mass is 663 g/mol. The molecule has 4 heterocycles. The Morgan fingerprint density at radius 1 is 1.11 bits per heavy atom. The molecule has 37 heavy (non-hydrogen) atoms. The van der Waals surface area contributed by atoms with Crippen LogP contribution in [-0.4, -0.2) is 79.9 Å². The van der Waals surface area contributed by atoms with Crippen LogP contribution in [0.2, 0.25) is 0 Å². The number of thiol groups is 1. The zero-order valence-corrected chi connectivity index (χ0v) is 26.2. The molecule has 1 aromatic carbocycles. The molecule has 2 radical (unpaired) electrons. The molecule has 5 rings (SSSR count). The fourth-order valence-electron chi connectivity index (χ4n) is 3.82. The molecular formula is C23H29N3O7S2VY-2. The molecule has 0 unspecified atom stereocenters. The molecule has 0 bridgehead atoms. The Labute approximate surface area is 261 Å². The van der Waals surface area contributed by atoms with Crippen molar-refractivity contribution in [2.24, 2.45) is 0 Å². The third-order valence-corrected chi connectivity index (χ3v) is 7.36. The zero-order valence-electron chi connectivity index (χ0n) is 20.3. The number of aliphatic hydroxyl groups is 1. The van der Waals surface area contributed by atoms with E-state index in [2.05, 4.69) is 10.3 Å². The van der Waals surface area contributed by atoms with Gasteiger partial charge in [0.2, 0.25) is 10.0 Å². The Morgan fingerprint density at radius 2 is 1.70 bits per heavy atom. The van der Waals surface area contributed by atoms with E-state index >= 15 is 0 Å². The van der Waals surface area contributed by atoms with E-state index in [0.717, 1.165) is 13.1 Å². The van der Waals surface area contributed by atoms with E-state index in [1.807, 2.05) is 0 Å². The van der Waals surface area contributed by atoms with Crippen LogP contribution in [0.15, 0.2) is 58.6 Å². The Morgan fingerprint density at radius 3 is 2.27 bits per heavy atom. The van der Waals surface area contributed by atoms with E-state index in [9.17, 15) is 13.2 Å². The number of aromatic nitrogens is 1. The maximum absolute atomic E-state index is 12.7. The number of fused-ring (bicyclic) bond motifs is 1. The van der Waals surface area contributed by atoms with Gasteiger partial charge in [-0.1, -0.05) is 30.3 Å². The fraction of sp³-hybridized carbons (Fsp3) is 0.348. The van der Waals surface area contributed by atoms with Gasteiger partial charge in [0.05, 0.1) is 12.8 Å². The topological polar surface area (TPSA) is 138 Å². The van der Waals surface area contributed by atoms with Crippen molar-refractivity contribution in [3.05, 3.63) is 66.7 Å². The molecule has 1 aromatic heterocycles. The average molecular weight is 663 g/mol. The minimum absolute atomic E-state index is 0. The molecule has 0 fully saturated rings. The zero-order chi connectivity index (χ0) is 23.4. The van der Waals surface area contributed by atoms with Crippen LogP contribution in [0.3, 0.4) is 0 Å². The normalized spacial score (nSPS) is 16.4. The van der Waals surface area contributed by atoms with E-state index in [0.29, 0.717) is 43.5 Å². The van der Waals surface area contributed by atoms with Gasteiger partial charge in [-0.15, -0.1) is 0 Å². The summed E-state index contributed by atoms with van der Waals surface area (Å²) >= 11 is 0. The predicted octanol–water partition coefficient (Wildman–Crippen LogP) is 0.779. The number of sulfonamides is 1. The van der Waals surface area contributed by atoms with Gasteiger partial charge in [0.25, 0.3) is 5.88 Å². The number of aliphatic hydroxyl groups excluding tert-OH is 1. The standard InChI is InChI=1S/C13H15N3O4S.C9H10O3.CH3.H2S.V.Y/c17-21(18,16-7-9-4-14-5-10(9)8-16)11-3-12-13(15-6-11)20-2-1-19-12;10-6-8(9(11)12)7-4-2-1-3-5-7;;;;/h3,6,14H,1-2,4-5,7-8H2;1-5,8,10H,6H2,(H,11,12);1H3;1H2;;/q;;-1;;;/p-1/t;8-;;;;/m.1..../s1. The summed E-state index contributed by atoms with van der Waals surface area (Å²) in [7, 11) is -3.55. The van der Waals surface area contributed by atoms with E-state index < -0.39 is 21.9 Å². The van der Waals surface area contributed by atoms with Gasteiger partial charge < -0.3 is 45.9 Å². The maximum atomic E-state index is 12.7. The second-order valence-electron chi connectivity index (χ2n) is 7.74. The number of ether oxygens (including phenoxy) is 2. The van der Waals surface area contributed by atoms with Gasteiger partial charge in [0.15, 0.2) is 5.75 Å². The molecule has 0 amide bonds. The summed E-state index contributed by atoms with van der Waals surface area (Å²) in [6.07, 6.45) is 1.34. The number of nitrogens with zero attached hydrogens (tertiary/aromatic N) is 2. The van der Waals surface area contributed by atoms with Crippen molar-refractivity contribution in [1.29, 1.82) is 0 Å². The number of carboxylic acid groups (broad SMARTS) is 1. The van der Waals surface area contributed by atoms with Crippen LogP contribution in [0.5, 0.6) is 11.6 Å². The van der Waals surface area contributed by atoms with Crippen molar-refractivity contribution >= 4 is 29.5 Å². The van der Waals surface area contributed by atoms with Gasteiger partial charge in [-0.2, -0.15) is 4.31 Å². The van der Waals surface area contributed by atoms with Crippen molar-refractivity contribution in [3.8, 4) is 11.6 Å². The van der Waals surface area contributed by atoms with E-state index in [-0.39, 0.29) is 83.7 Å². The molecule has 200 valence electrons. The van der Waals surface area contributed by atoms with E-state index in [1.165, 1.54) is 27.7 Å². The first-order valence-corrected chi connectivity index (χ1v) is 11.9. The number of benzene rings is 1. The smallest absolute Gasteiger partial charge is 0.313 e. The number of aliphatic carboxylic acids is 1. The summed E-state index contributed by atoms with van der Waals surface area (Å²) in [5.74, 6) is -1.05. The van der Waals surface area contributed by atoms with Crippen LogP contribution in [0.25, 0.3) is 0 Å². The Hall–Kier alpha value is -0.952. The first-order valence-electron chi connectivity index (χ1n) is 10.4. The summed E-state index contributed by atoms with van der Waals surface area (Å²) in [4.78, 5) is 14.8. The largest absolute Gasteiger partial charge is 0.813 e. The Kier molecular flexibility index (Phi) is 15.8. The number of nitrogens with one attached hydrogen (secondary N) is 1. The quantitative estimate of drug-likeness (QED) is 0.182. The van der Waals surface area contributed by atoms with Crippen LogP contribution in [-0.2, 0) is 79.6 Å². The molecule has 1 atom stereocenters. The number of hydrogen-bond donors (Lipinski definition) is 3. The summed E-state index contributed by atoms with van der Waals surface area (Å²) in [6, 6.07) is 10.2. The second-order valence-corrected chi connectivity index (χ2v) is 9.68. The Bertz CT molecular complexity index is 1150. The number of rotatable bonds is 5. The van der Waals surface area contributed by atoms with Gasteiger partial charge in [-0.3, -0.25) is 4.79 Å². The van der Waals surface area contributed by atoms with Crippen molar-refractivity contribution in [1.82, 2.24) is 14.6 Å². The molecule has 0 saturated heterocycles. The second kappa shape index (κ2) is 16.2. The predicted molar refractivity (Wildman–Crippen MR) is 133 cm³/mol. The minimum Gasteiger partial charge on any atom is -0.813 e. The van der Waals surface area contributed by atoms with Gasteiger partial charge in [-0.25, -0.2) is 13.4 Å². The number of carboxylic acids is 1. The van der Waals surface area contributed by atoms with Crippen molar-refractivity contribution in [2.45, 2.75) is 10.8 Å². The molecule has 3 aliphatic heterocycles. The first-order chi connectivity index (χ1) is 15.9. The van der Waals surface area contributed by atoms with Crippen LogP contribution >= 0.6 is 0 Å². The van der Waals surface area contributed by atoms with Crippen molar-refractivity contribution in [3.63, 3.8) is 0 Å². The number of hydrogen-bond acceptors (Lipinski definition) is 9. The Balaban J connectivity index is 0.000000713. The van der Waals surface area contributed by atoms with E-state index in [4.69, 9.17) is 19.7 Å². The fourth-order valence-corrected chi connectivity index (χ4v) is 5.21. The summed E-state index contributed by atoms with van der Waals surface area (Å²) in [5.41, 5.74) is 3.00. The molecular weight excluding hydrogens is 634 g/mol. The molecule has 0 spiro atoms. The van der Waals surface area contributed by atoms with Gasteiger partial charge in [-0.05, 0) is 16.7 Å². The maximum Gasteiger partial charge on any atom is 0.313 e. The minimum atomic E-state index is -3.55. The van der Waals surface area contributed by atoms with Crippen LogP contribution < -0.4 is 14.8 Å². The molecule has 10 nitrogen and oxygen atoms in total.